The predicted molar refractivity (Wildman–Crippen MR) is 112 cm³/mol. The summed E-state index contributed by atoms with van der Waals surface area (Å²) < 4.78 is 16.6. The van der Waals surface area contributed by atoms with Crippen LogP contribution < -0.4 is 5.32 Å². The summed E-state index contributed by atoms with van der Waals surface area (Å²) in [7, 11) is 0. The first-order valence-corrected chi connectivity index (χ1v) is 10.8. The molecule has 1 aromatic carbocycles. The maximum absolute atomic E-state index is 13.2. The zero-order chi connectivity index (χ0) is 21.1. The fraction of sp³-hybridized carbons (Fsp3) is 0.250. The SMILES string of the molecule is CSCCC(NC(=O)c1nnn(-c2ccc(F)cc2)c1C)c1nnc2ccccn12. The Hall–Kier alpha value is -3.27. The Morgan fingerprint density at radius 1 is 1.17 bits per heavy atom. The molecule has 4 rings (SSSR count). The second-order valence-corrected chi connectivity index (χ2v) is 7.69. The van der Waals surface area contributed by atoms with Gasteiger partial charge in [-0.05, 0) is 61.8 Å². The summed E-state index contributed by atoms with van der Waals surface area (Å²) in [5.74, 6) is 0.816. The minimum absolute atomic E-state index is 0.210. The number of hydrogen-bond donors (Lipinski definition) is 1. The Balaban J connectivity index is 1.61. The number of aromatic nitrogens is 6. The van der Waals surface area contributed by atoms with Gasteiger partial charge < -0.3 is 5.32 Å². The molecule has 4 aromatic rings. The molecule has 0 bridgehead atoms. The Labute approximate surface area is 176 Å². The van der Waals surface area contributed by atoms with Crippen LogP contribution in [0.25, 0.3) is 11.3 Å². The number of thioether (sulfide) groups is 1. The van der Waals surface area contributed by atoms with Crippen molar-refractivity contribution in [1.29, 1.82) is 0 Å². The van der Waals surface area contributed by atoms with Gasteiger partial charge in [-0.25, -0.2) is 9.07 Å². The van der Waals surface area contributed by atoms with Crippen molar-refractivity contribution in [2.45, 2.75) is 19.4 Å². The molecule has 0 spiro atoms. The predicted octanol–water partition coefficient (Wildman–Crippen LogP) is 2.98. The molecule has 1 unspecified atom stereocenters. The molecule has 0 aliphatic carbocycles. The van der Waals surface area contributed by atoms with Crippen LogP contribution in [-0.2, 0) is 0 Å². The first kappa shape index (κ1) is 20.0. The number of carbonyl (C=O) groups excluding carboxylic acids is 1. The van der Waals surface area contributed by atoms with Gasteiger partial charge in [0.05, 0.1) is 17.4 Å². The number of halogens is 1. The molecule has 154 valence electrons. The summed E-state index contributed by atoms with van der Waals surface area (Å²) >= 11 is 1.69. The third-order valence-corrected chi connectivity index (χ3v) is 5.39. The molecule has 0 aliphatic rings. The van der Waals surface area contributed by atoms with Gasteiger partial charge in [-0.1, -0.05) is 11.3 Å². The topological polar surface area (TPSA) is 90.0 Å². The zero-order valence-electron chi connectivity index (χ0n) is 16.5. The molecule has 3 heterocycles. The van der Waals surface area contributed by atoms with E-state index in [0.717, 1.165) is 5.75 Å². The summed E-state index contributed by atoms with van der Waals surface area (Å²) in [5.41, 5.74) is 2.12. The van der Waals surface area contributed by atoms with E-state index in [-0.39, 0.29) is 23.5 Å². The monoisotopic (exact) mass is 425 g/mol. The maximum Gasteiger partial charge on any atom is 0.274 e. The molecule has 8 nitrogen and oxygen atoms in total. The second-order valence-electron chi connectivity index (χ2n) is 6.71. The van der Waals surface area contributed by atoms with Crippen molar-refractivity contribution >= 4 is 23.3 Å². The summed E-state index contributed by atoms with van der Waals surface area (Å²) in [6.07, 6.45) is 4.58. The lowest BCUT2D eigenvalue weighted by atomic mass is 10.2. The van der Waals surface area contributed by atoms with E-state index in [0.29, 0.717) is 29.3 Å². The van der Waals surface area contributed by atoms with E-state index in [2.05, 4.69) is 25.8 Å². The molecule has 30 heavy (non-hydrogen) atoms. The molecule has 0 fully saturated rings. The Bertz CT molecular complexity index is 1170. The van der Waals surface area contributed by atoms with Crippen LogP contribution in [0.4, 0.5) is 4.39 Å². The van der Waals surface area contributed by atoms with E-state index in [4.69, 9.17) is 0 Å². The summed E-state index contributed by atoms with van der Waals surface area (Å²) in [6.45, 7) is 1.75. The van der Waals surface area contributed by atoms with E-state index >= 15 is 0 Å². The number of hydrogen-bond acceptors (Lipinski definition) is 6. The molecular formula is C20H20FN7OS. The smallest absolute Gasteiger partial charge is 0.274 e. The first-order chi connectivity index (χ1) is 14.6. The van der Waals surface area contributed by atoms with Crippen LogP contribution in [-0.4, -0.2) is 47.5 Å². The van der Waals surface area contributed by atoms with Crippen molar-refractivity contribution < 1.29 is 9.18 Å². The minimum atomic E-state index is -0.348. The number of pyridine rings is 1. The van der Waals surface area contributed by atoms with Gasteiger partial charge in [-0.2, -0.15) is 11.8 Å². The second kappa shape index (κ2) is 8.62. The lowest BCUT2D eigenvalue weighted by Gasteiger charge is -2.16. The highest BCUT2D eigenvalue weighted by atomic mass is 32.2. The molecule has 3 aromatic heterocycles. The molecule has 0 saturated carbocycles. The van der Waals surface area contributed by atoms with Crippen LogP contribution in [0.3, 0.4) is 0 Å². The molecular weight excluding hydrogens is 405 g/mol. The fourth-order valence-corrected chi connectivity index (χ4v) is 3.66. The van der Waals surface area contributed by atoms with E-state index in [9.17, 15) is 9.18 Å². The molecule has 0 aliphatic heterocycles. The standard InChI is InChI=1S/C20H20FN7OS/c1-13-18(24-26-28(13)15-8-6-14(21)7-9-15)20(29)22-16(10-12-30-2)19-25-23-17-5-3-4-11-27(17)19/h3-9,11,16H,10,12H2,1-2H3,(H,22,29). The Kier molecular flexibility index (Phi) is 5.75. The van der Waals surface area contributed by atoms with Crippen LogP contribution in [0, 0.1) is 12.7 Å². The van der Waals surface area contributed by atoms with Crippen molar-refractivity contribution in [3.05, 3.63) is 71.7 Å². The average molecular weight is 425 g/mol. The van der Waals surface area contributed by atoms with Gasteiger partial charge >= 0.3 is 0 Å². The van der Waals surface area contributed by atoms with Crippen molar-refractivity contribution in [1.82, 2.24) is 34.9 Å². The van der Waals surface area contributed by atoms with Crippen LogP contribution in [0.5, 0.6) is 0 Å². The Morgan fingerprint density at radius 2 is 1.97 bits per heavy atom. The molecule has 1 amide bonds. The quantitative estimate of drug-likeness (QED) is 0.490. The molecule has 1 atom stereocenters. The highest BCUT2D eigenvalue weighted by molar-refractivity contribution is 7.98. The van der Waals surface area contributed by atoms with Gasteiger partial charge in [0.25, 0.3) is 5.91 Å². The molecule has 0 radical (unpaired) electrons. The van der Waals surface area contributed by atoms with Crippen LogP contribution in [0.2, 0.25) is 0 Å². The van der Waals surface area contributed by atoms with Crippen LogP contribution in [0.15, 0.2) is 48.7 Å². The first-order valence-electron chi connectivity index (χ1n) is 9.36. The lowest BCUT2D eigenvalue weighted by Crippen LogP contribution is -2.31. The number of rotatable bonds is 7. The van der Waals surface area contributed by atoms with E-state index in [1.165, 1.54) is 16.8 Å². The normalized spacial score (nSPS) is 12.2. The highest BCUT2D eigenvalue weighted by Crippen LogP contribution is 2.20. The van der Waals surface area contributed by atoms with E-state index in [1.807, 2.05) is 35.1 Å². The number of carbonyl (C=O) groups is 1. The number of benzene rings is 1. The number of fused-ring (bicyclic) bond motifs is 1. The van der Waals surface area contributed by atoms with Gasteiger partial charge in [0.1, 0.15) is 5.82 Å². The average Bonchev–Trinajstić information content (AvgIpc) is 3.35. The summed E-state index contributed by atoms with van der Waals surface area (Å²) in [6, 6.07) is 11.2. The maximum atomic E-state index is 13.2. The van der Waals surface area contributed by atoms with Crippen LogP contribution >= 0.6 is 11.8 Å². The fourth-order valence-electron chi connectivity index (χ4n) is 3.19. The summed E-state index contributed by atoms with van der Waals surface area (Å²) in [4.78, 5) is 13.0. The number of nitrogens with one attached hydrogen (secondary N) is 1. The Morgan fingerprint density at radius 3 is 2.73 bits per heavy atom. The number of amides is 1. The van der Waals surface area contributed by atoms with E-state index in [1.54, 1.807) is 30.8 Å². The largest absolute Gasteiger partial charge is 0.341 e. The molecule has 10 heteroatoms. The number of nitrogens with zero attached hydrogens (tertiary/aromatic N) is 6. The highest BCUT2D eigenvalue weighted by Gasteiger charge is 2.24. The van der Waals surface area contributed by atoms with Crippen LogP contribution in [0.1, 0.15) is 34.5 Å². The molecule has 1 N–H and O–H groups in total. The van der Waals surface area contributed by atoms with Gasteiger partial charge in [0, 0.05) is 6.20 Å². The lowest BCUT2D eigenvalue weighted by molar-refractivity contribution is 0.0928. The molecule has 0 saturated heterocycles. The van der Waals surface area contributed by atoms with E-state index < -0.39 is 0 Å². The van der Waals surface area contributed by atoms with Gasteiger partial charge in [0.15, 0.2) is 17.2 Å². The van der Waals surface area contributed by atoms with Crippen molar-refractivity contribution in [2.75, 3.05) is 12.0 Å². The van der Waals surface area contributed by atoms with Crippen molar-refractivity contribution in [2.24, 2.45) is 0 Å². The van der Waals surface area contributed by atoms with Crippen molar-refractivity contribution in [3.63, 3.8) is 0 Å². The third-order valence-electron chi connectivity index (χ3n) is 4.75. The third kappa shape index (κ3) is 3.90. The zero-order valence-corrected chi connectivity index (χ0v) is 17.3. The van der Waals surface area contributed by atoms with Gasteiger partial charge in [-0.15, -0.1) is 15.3 Å². The minimum Gasteiger partial charge on any atom is -0.341 e. The summed E-state index contributed by atoms with van der Waals surface area (Å²) in [5, 5.41) is 19.6. The van der Waals surface area contributed by atoms with Crippen molar-refractivity contribution in [3.8, 4) is 5.69 Å². The van der Waals surface area contributed by atoms with Gasteiger partial charge in [0.2, 0.25) is 0 Å². The van der Waals surface area contributed by atoms with Gasteiger partial charge in [-0.3, -0.25) is 9.20 Å².